The maximum atomic E-state index is 12.1. The molecule has 1 heterocycles. The molecule has 3 aromatic rings. The van der Waals surface area contributed by atoms with Crippen LogP contribution in [0.5, 0.6) is 5.75 Å². The largest absolute Gasteiger partial charge is 0.443 e. The molecule has 3 rings (SSSR count). The Labute approximate surface area is 148 Å². The van der Waals surface area contributed by atoms with E-state index < -0.39 is 16.1 Å². The molecular weight excluding hydrogens is 360 g/mol. The molecule has 134 valence electrons. The lowest BCUT2D eigenvalue weighted by molar-refractivity contribution is 0.199. The van der Waals surface area contributed by atoms with Gasteiger partial charge in [0.15, 0.2) is 0 Å². The van der Waals surface area contributed by atoms with Crippen LogP contribution in [-0.2, 0) is 10.0 Å². The highest BCUT2D eigenvalue weighted by molar-refractivity contribution is 7.89. The van der Waals surface area contributed by atoms with Crippen LogP contribution in [0.15, 0.2) is 59.5 Å². The number of primary sulfonamides is 1. The number of sulfonamides is 1. The van der Waals surface area contributed by atoms with Crippen LogP contribution in [0.3, 0.4) is 0 Å². The number of hydrogen-bond acceptors (Lipinski definition) is 8. The standard InChI is InChI=1S/C15H14N6O4S/c16-13-19-14(18-10-6-8-12(9-7-10)26(17,23)24)20-21(13)15(22)25-11-4-2-1-3-5-11/h1-9H,(H2,17,23,24)(H3,16,18,19,20). The molecule has 0 spiro atoms. The minimum absolute atomic E-state index is 0.0347. The number of nitrogens with one attached hydrogen (secondary N) is 1. The molecule has 2 aromatic carbocycles. The summed E-state index contributed by atoms with van der Waals surface area (Å²) in [4.78, 5) is 16.0. The minimum atomic E-state index is -3.78. The first kappa shape index (κ1) is 17.4. The normalized spacial score (nSPS) is 11.1. The summed E-state index contributed by atoms with van der Waals surface area (Å²) in [7, 11) is -3.78. The molecule has 0 amide bonds. The van der Waals surface area contributed by atoms with Gasteiger partial charge in [0.05, 0.1) is 4.90 Å². The van der Waals surface area contributed by atoms with Crippen LogP contribution in [0.1, 0.15) is 0 Å². The third-order valence-electron chi connectivity index (χ3n) is 3.19. The fourth-order valence-electron chi connectivity index (χ4n) is 2.00. The van der Waals surface area contributed by atoms with E-state index in [0.29, 0.717) is 11.4 Å². The van der Waals surface area contributed by atoms with Gasteiger partial charge in [-0.25, -0.2) is 18.4 Å². The number of carbonyl (C=O) groups excluding carboxylic acids is 1. The summed E-state index contributed by atoms with van der Waals surface area (Å²) >= 11 is 0. The number of nitrogen functional groups attached to an aromatic ring is 1. The predicted molar refractivity (Wildman–Crippen MR) is 93.4 cm³/mol. The SMILES string of the molecule is Nc1nc(Nc2ccc(S(N)(=O)=O)cc2)nn1C(=O)Oc1ccccc1. The third kappa shape index (κ3) is 3.96. The molecule has 0 unspecified atom stereocenters. The Balaban J connectivity index is 1.74. The highest BCUT2D eigenvalue weighted by Gasteiger charge is 2.16. The molecule has 1 aromatic heterocycles. The Morgan fingerprint density at radius 3 is 2.35 bits per heavy atom. The highest BCUT2D eigenvalue weighted by atomic mass is 32.2. The number of benzene rings is 2. The summed E-state index contributed by atoms with van der Waals surface area (Å²) in [6.07, 6.45) is -0.821. The molecule has 0 saturated carbocycles. The van der Waals surface area contributed by atoms with Crippen LogP contribution in [0, 0.1) is 0 Å². The van der Waals surface area contributed by atoms with Crippen LogP contribution in [0.4, 0.5) is 22.4 Å². The quantitative estimate of drug-likeness (QED) is 0.617. The van der Waals surface area contributed by atoms with Crippen molar-refractivity contribution in [2.24, 2.45) is 5.14 Å². The van der Waals surface area contributed by atoms with Gasteiger partial charge in [-0.1, -0.05) is 18.2 Å². The maximum Gasteiger partial charge on any atom is 0.443 e. The van der Waals surface area contributed by atoms with Crippen LogP contribution < -0.4 is 20.9 Å². The third-order valence-corrected chi connectivity index (χ3v) is 4.12. The Hall–Kier alpha value is -3.44. The Morgan fingerprint density at radius 2 is 1.73 bits per heavy atom. The van der Waals surface area contributed by atoms with Crippen LogP contribution in [-0.4, -0.2) is 29.3 Å². The monoisotopic (exact) mass is 374 g/mol. The molecule has 0 fully saturated rings. The fourth-order valence-corrected chi connectivity index (χ4v) is 2.52. The van der Waals surface area contributed by atoms with Gasteiger partial charge in [-0.2, -0.15) is 4.98 Å². The van der Waals surface area contributed by atoms with E-state index in [1.54, 1.807) is 30.3 Å². The average molecular weight is 374 g/mol. The number of ether oxygens (including phenoxy) is 1. The molecule has 0 radical (unpaired) electrons. The van der Waals surface area contributed by atoms with Crippen molar-refractivity contribution in [1.29, 1.82) is 0 Å². The number of nitrogens with two attached hydrogens (primary N) is 2. The van der Waals surface area contributed by atoms with Crippen LogP contribution in [0.25, 0.3) is 0 Å². The van der Waals surface area contributed by atoms with Gasteiger partial charge < -0.3 is 15.8 Å². The smallest absolute Gasteiger partial charge is 0.409 e. The molecule has 0 aliphatic heterocycles. The van der Waals surface area contributed by atoms with E-state index in [9.17, 15) is 13.2 Å². The minimum Gasteiger partial charge on any atom is -0.409 e. The summed E-state index contributed by atoms with van der Waals surface area (Å²) in [6, 6.07) is 14.0. The molecule has 5 N–H and O–H groups in total. The van der Waals surface area contributed by atoms with Crippen LogP contribution in [0.2, 0.25) is 0 Å². The van der Waals surface area contributed by atoms with Crippen molar-refractivity contribution < 1.29 is 17.9 Å². The lowest BCUT2D eigenvalue weighted by Gasteiger charge is -2.04. The van der Waals surface area contributed by atoms with Crippen molar-refractivity contribution in [2.75, 3.05) is 11.1 Å². The molecular formula is C15H14N6O4S. The van der Waals surface area contributed by atoms with E-state index in [1.165, 1.54) is 24.3 Å². The number of rotatable bonds is 4. The Morgan fingerprint density at radius 1 is 1.08 bits per heavy atom. The summed E-state index contributed by atoms with van der Waals surface area (Å²) in [5.74, 6) is 0.200. The number of nitrogens with zero attached hydrogens (tertiary/aromatic N) is 3. The Kier molecular flexibility index (Phi) is 4.56. The van der Waals surface area contributed by atoms with E-state index in [4.69, 9.17) is 15.6 Å². The van der Waals surface area contributed by atoms with Gasteiger partial charge in [0.1, 0.15) is 5.75 Å². The number of anilines is 3. The Bertz CT molecular complexity index is 1030. The van der Waals surface area contributed by atoms with Gasteiger partial charge in [0, 0.05) is 5.69 Å². The first-order valence-corrected chi connectivity index (χ1v) is 8.77. The maximum absolute atomic E-state index is 12.1. The van der Waals surface area contributed by atoms with Crippen molar-refractivity contribution in [3.63, 3.8) is 0 Å². The van der Waals surface area contributed by atoms with Gasteiger partial charge in [0.25, 0.3) is 0 Å². The summed E-state index contributed by atoms with van der Waals surface area (Å²) < 4.78 is 28.4. The summed E-state index contributed by atoms with van der Waals surface area (Å²) in [5.41, 5.74) is 6.16. The summed E-state index contributed by atoms with van der Waals surface area (Å²) in [5, 5.41) is 11.8. The van der Waals surface area contributed by atoms with Gasteiger partial charge in [-0.15, -0.1) is 9.78 Å². The molecule has 0 atom stereocenters. The number of carbonyl (C=O) groups is 1. The number of para-hydroxylation sites is 1. The zero-order chi connectivity index (χ0) is 18.7. The van der Waals surface area contributed by atoms with Gasteiger partial charge >= 0.3 is 6.09 Å². The lowest BCUT2D eigenvalue weighted by atomic mass is 10.3. The van der Waals surface area contributed by atoms with E-state index in [-0.39, 0.29) is 16.8 Å². The van der Waals surface area contributed by atoms with E-state index in [0.717, 1.165) is 4.68 Å². The predicted octanol–water partition coefficient (Wildman–Crippen LogP) is 1.30. The fraction of sp³-hybridized carbons (Fsp3) is 0. The van der Waals surface area contributed by atoms with Crippen molar-refractivity contribution >= 4 is 33.7 Å². The van der Waals surface area contributed by atoms with E-state index in [2.05, 4.69) is 15.4 Å². The second-order valence-corrected chi connectivity index (χ2v) is 6.64. The molecule has 0 saturated heterocycles. The zero-order valence-electron chi connectivity index (χ0n) is 13.2. The van der Waals surface area contributed by atoms with E-state index >= 15 is 0 Å². The number of aromatic nitrogens is 3. The van der Waals surface area contributed by atoms with Crippen LogP contribution >= 0.6 is 0 Å². The van der Waals surface area contributed by atoms with Crippen molar-refractivity contribution in [1.82, 2.24) is 14.8 Å². The van der Waals surface area contributed by atoms with Gasteiger partial charge in [-0.05, 0) is 36.4 Å². The average Bonchev–Trinajstić information content (AvgIpc) is 2.96. The summed E-state index contributed by atoms with van der Waals surface area (Å²) in [6.45, 7) is 0. The van der Waals surface area contributed by atoms with Crippen molar-refractivity contribution in [2.45, 2.75) is 4.90 Å². The second kappa shape index (κ2) is 6.82. The topological polar surface area (TPSA) is 155 Å². The molecule has 0 bridgehead atoms. The zero-order valence-corrected chi connectivity index (χ0v) is 14.1. The van der Waals surface area contributed by atoms with Gasteiger partial charge in [-0.3, -0.25) is 0 Å². The lowest BCUT2D eigenvalue weighted by Crippen LogP contribution is -2.20. The van der Waals surface area contributed by atoms with Crippen molar-refractivity contribution in [3.8, 4) is 5.75 Å². The molecule has 10 nitrogen and oxygen atoms in total. The molecule has 0 aliphatic carbocycles. The van der Waals surface area contributed by atoms with Crippen molar-refractivity contribution in [3.05, 3.63) is 54.6 Å². The van der Waals surface area contributed by atoms with E-state index in [1.807, 2.05) is 0 Å². The number of hydrogen-bond donors (Lipinski definition) is 3. The second-order valence-electron chi connectivity index (χ2n) is 5.08. The highest BCUT2D eigenvalue weighted by Crippen LogP contribution is 2.17. The molecule has 11 heteroatoms. The first-order chi connectivity index (χ1) is 12.3. The molecule has 0 aliphatic rings. The molecule has 26 heavy (non-hydrogen) atoms. The first-order valence-electron chi connectivity index (χ1n) is 7.22. The van der Waals surface area contributed by atoms with Gasteiger partial charge in [0.2, 0.25) is 21.9 Å².